The van der Waals surface area contributed by atoms with Gasteiger partial charge in [0.05, 0.1) is 30.7 Å². The third kappa shape index (κ3) is 4.79. The molecule has 0 aliphatic rings. The maximum Gasteiger partial charge on any atom is 0.307 e. The number of rotatable bonds is 7. The lowest BCUT2D eigenvalue weighted by atomic mass is 10.2. The zero-order valence-electron chi connectivity index (χ0n) is 11.5. The van der Waals surface area contributed by atoms with Crippen molar-refractivity contribution in [3.05, 3.63) is 29.0 Å². The van der Waals surface area contributed by atoms with Gasteiger partial charge in [-0.15, -0.1) is 0 Å². The fourth-order valence-corrected chi connectivity index (χ4v) is 1.76. The fourth-order valence-electron chi connectivity index (χ4n) is 1.56. The van der Waals surface area contributed by atoms with Gasteiger partial charge in [0.15, 0.2) is 0 Å². The molecule has 110 valence electrons. The topological polar surface area (TPSA) is 68.7 Å². The van der Waals surface area contributed by atoms with Gasteiger partial charge >= 0.3 is 5.97 Å². The van der Waals surface area contributed by atoms with E-state index in [1.54, 1.807) is 13.2 Å². The van der Waals surface area contributed by atoms with Crippen molar-refractivity contribution in [3.8, 4) is 0 Å². The van der Waals surface area contributed by atoms with Crippen LogP contribution in [0.1, 0.15) is 16.8 Å². The molecule has 0 fully saturated rings. The number of carbonyl (C=O) groups is 2. The molecule has 1 aromatic heterocycles. The van der Waals surface area contributed by atoms with E-state index >= 15 is 0 Å². The number of hydrogen-bond acceptors (Lipinski definition) is 5. The Bertz CT molecular complexity index is 467. The summed E-state index contributed by atoms with van der Waals surface area (Å²) in [6.45, 7) is 0.980. The van der Waals surface area contributed by atoms with Crippen LogP contribution >= 0.6 is 11.6 Å². The predicted molar refractivity (Wildman–Crippen MR) is 73.7 cm³/mol. The minimum absolute atomic E-state index is 0.120. The van der Waals surface area contributed by atoms with E-state index < -0.39 is 0 Å². The van der Waals surface area contributed by atoms with Crippen molar-refractivity contribution in [2.24, 2.45) is 0 Å². The fraction of sp³-hybridized carbons (Fsp3) is 0.462. The first kappa shape index (κ1) is 16.4. The zero-order valence-corrected chi connectivity index (χ0v) is 12.2. The number of amides is 1. The SMILES string of the molecule is COCCN(CCC(=O)OC)C(=O)c1ccncc1Cl. The molecule has 1 aromatic rings. The number of nitrogens with zero attached hydrogens (tertiary/aromatic N) is 2. The van der Waals surface area contributed by atoms with E-state index in [1.807, 2.05) is 0 Å². The average molecular weight is 301 g/mol. The molecule has 0 aromatic carbocycles. The summed E-state index contributed by atoms with van der Waals surface area (Å²) in [5.41, 5.74) is 0.350. The molecule has 7 heteroatoms. The molecule has 0 spiro atoms. The van der Waals surface area contributed by atoms with Gasteiger partial charge in [-0.25, -0.2) is 0 Å². The van der Waals surface area contributed by atoms with Gasteiger partial charge in [-0.3, -0.25) is 14.6 Å². The van der Waals surface area contributed by atoms with Crippen LogP contribution in [-0.2, 0) is 14.3 Å². The highest BCUT2D eigenvalue weighted by Gasteiger charge is 2.19. The van der Waals surface area contributed by atoms with Gasteiger partial charge in [0.25, 0.3) is 5.91 Å². The van der Waals surface area contributed by atoms with Crippen LogP contribution in [-0.4, -0.2) is 55.7 Å². The summed E-state index contributed by atoms with van der Waals surface area (Å²) in [4.78, 5) is 28.9. The second-order valence-electron chi connectivity index (χ2n) is 3.97. The number of aromatic nitrogens is 1. The van der Waals surface area contributed by atoms with Crippen LogP contribution in [0.25, 0.3) is 0 Å². The number of carbonyl (C=O) groups excluding carboxylic acids is 2. The number of methoxy groups -OCH3 is 2. The summed E-state index contributed by atoms with van der Waals surface area (Å²) in [5, 5.41) is 0.276. The van der Waals surface area contributed by atoms with Gasteiger partial charge in [-0.05, 0) is 6.07 Å². The molecule has 0 N–H and O–H groups in total. The lowest BCUT2D eigenvalue weighted by molar-refractivity contribution is -0.140. The first-order valence-corrected chi connectivity index (χ1v) is 6.42. The van der Waals surface area contributed by atoms with Crippen LogP contribution in [0.5, 0.6) is 0 Å². The maximum atomic E-state index is 12.4. The van der Waals surface area contributed by atoms with E-state index in [9.17, 15) is 9.59 Å². The van der Waals surface area contributed by atoms with E-state index in [2.05, 4.69) is 9.72 Å². The molecule has 0 saturated carbocycles. The third-order valence-electron chi connectivity index (χ3n) is 2.67. The Balaban J connectivity index is 2.78. The van der Waals surface area contributed by atoms with Gasteiger partial charge in [0.2, 0.25) is 0 Å². The van der Waals surface area contributed by atoms with Crippen LogP contribution in [0.3, 0.4) is 0 Å². The van der Waals surface area contributed by atoms with E-state index in [1.165, 1.54) is 24.4 Å². The lowest BCUT2D eigenvalue weighted by Crippen LogP contribution is -2.36. The van der Waals surface area contributed by atoms with Gasteiger partial charge in [0, 0.05) is 32.6 Å². The minimum Gasteiger partial charge on any atom is -0.469 e. The molecule has 0 radical (unpaired) electrons. The van der Waals surface area contributed by atoms with Crippen LogP contribution in [0.4, 0.5) is 0 Å². The summed E-state index contributed by atoms with van der Waals surface area (Å²) in [6.07, 6.45) is 3.02. The number of pyridine rings is 1. The third-order valence-corrected chi connectivity index (χ3v) is 2.97. The molecule has 0 aliphatic carbocycles. The number of ether oxygens (including phenoxy) is 2. The van der Waals surface area contributed by atoms with E-state index in [4.69, 9.17) is 16.3 Å². The predicted octanol–water partition coefficient (Wildman–Crippen LogP) is 1.39. The van der Waals surface area contributed by atoms with Gasteiger partial charge in [0.1, 0.15) is 0 Å². The smallest absolute Gasteiger partial charge is 0.307 e. The van der Waals surface area contributed by atoms with Gasteiger partial charge in [-0.2, -0.15) is 0 Å². The van der Waals surface area contributed by atoms with Crippen molar-refractivity contribution in [3.63, 3.8) is 0 Å². The Hall–Kier alpha value is -1.66. The van der Waals surface area contributed by atoms with Gasteiger partial charge < -0.3 is 14.4 Å². The molecule has 1 rings (SSSR count). The first-order valence-electron chi connectivity index (χ1n) is 6.04. The number of halogens is 1. The molecule has 1 amide bonds. The normalized spacial score (nSPS) is 10.2. The zero-order chi connectivity index (χ0) is 15.0. The summed E-state index contributed by atoms with van der Waals surface area (Å²) >= 11 is 5.95. The Labute approximate surface area is 122 Å². The quantitative estimate of drug-likeness (QED) is 0.712. The Morgan fingerprint density at radius 1 is 1.35 bits per heavy atom. The molecule has 0 aliphatic heterocycles. The summed E-state index contributed by atoms with van der Waals surface area (Å²) in [5.74, 6) is -0.639. The monoisotopic (exact) mass is 300 g/mol. The molecule has 6 nitrogen and oxygen atoms in total. The first-order chi connectivity index (χ1) is 9.60. The van der Waals surface area contributed by atoms with E-state index in [0.29, 0.717) is 18.7 Å². The molecule has 1 heterocycles. The Kier molecular flexibility index (Phi) is 6.97. The van der Waals surface area contributed by atoms with Crippen LogP contribution in [0, 0.1) is 0 Å². The largest absolute Gasteiger partial charge is 0.469 e. The molecular formula is C13H17ClN2O4. The lowest BCUT2D eigenvalue weighted by Gasteiger charge is -2.22. The number of esters is 1. The Morgan fingerprint density at radius 2 is 2.10 bits per heavy atom. The number of hydrogen-bond donors (Lipinski definition) is 0. The average Bonchev–Trinajstić information content (AvgIpc) is 2.47. The highest BCUT2D eigenvalue weighted by Crippen LogP contribution is 2.16. The van der Waals surface area contributed by atoms with Crippen molar-refractivity contribution >= 4 is 23.5 Å². The molecular weight excluding hydrogens is 284 g/mol. The second kappa shape index (κ2) is 8.50. The highest BCUT2D eigenvalue weighted by atomic mass is 35.5. The molecule has 0 unspecified atom stereocenters. The van der Waals surface area contributed by atoms with Crippen molar-refractivity contribution in [1.29, 1.82) is 0 Å². The van der Waals surface area contributed by atoms with Crippen molar-refractivity contribution < 1.29 is 19.1 Å². The van der Waals surface area contributed by atoms with E-state index in [0.717, 1.165) is 0 Å². The van der Waals surface area contributed by atoms with Crippen molar-refractivity contribution in [2.45, 2.75) is 6.42 Å². The maximum absolute atomic E-state index is 12.4. The Morgan fingerprint density at radius 3 is 2.70 bits per heavy atom. The standard InChI is InChI=1S/C13H17ClN2O4/c1-19-8-7-16(6-4-12(17)20-2)13(18)10-3-5-15-9-11(10)14/h3,5,9H,4,6-8H2,1-2H3. The van der Waals surface area contributed by atoms with Crippen molar-refractivity contribution in [1.82, 2.24) is 9.88 Å². The molecule has 0 atom stereocenters. The highest BCUT2D eigenvalue weighted by molar-refractivity contribution is 6.33. The summed E-state index contributed by atoms with van der Waals surface area (Å²) in [7, 11) is 2.85. The molecule has 20 heavy (non-hydrogen) atoms. The molecule has 0 saturated heterocycles. The summed E-state index contributed by atoms with van der Waals surface area (Å²) in [6, 6.07) is 1.54. The molecule has 0 bridgehead atoms. The van der Waals surface area contributed by atoms with E-state index in [-0.39, 0.29) is 29.9 Å². The second-order valence-corrected chi connectivity index (χ2v) is 4.37. The van der Waals surface area contributed by atoms with Crippen molar-refractivity contribution in [2.75, 3.05) is 33.9 Å². The summed E-state index contributed by atoms with van der Waals surface area (Å²) < 4.78 is 9.54. The van der Waals surface area contributed by atoms with Crippen LogP contribution < -0.4 is 0 Å². The van der Waals surface area contributed by atoms with Gasteiger partial charge in [-0.1, -0.05) is 11.6 Å². The van der Waals surface area contributed by atoms with Crippen LogP contribution in [0.15, 0.2) is 18.5 Å². The minimum atomic E-state index is -0.374. The van der Waals surface area contributed by atoms with Crippen LogP contribution in [0.2, 0.25) is 5.02 Å².